The third-order valence-corrected chi connectivity index (χ3v) is 5.54. The summed E-state index contributed by atoms with van der Waals surface area (Å²) >= 11 is 1.33. The van der Waals surface area contributed by atoms with E-state index in [1.807, 2.05) is 45.9 Å². The highest BCUT2D eigenvalue weighted by Crippen LogP contribution is 2.27. The van der Waals surface area contributed by atoms with E-state index >= 15 is 0 Å². The summed E-state index contributed by atoms with van der Waals surface area (Å²) < 4.78 is 1.72. The van der Waals surface area contributed by atoms with Crippen LogP contribution in [-0.4, -0.2) is 26.8 Å². The molecular weight excluding hydrogens is 370 g/mol. The van der Waals surface area contributed by atoms with Gasteiger partial charge in [-0.1, -0.05) is 51.6 Å². The molecular formula is C22H33N3O2S. The van der Waals surface area contributed by atoms with Gasteiger partial charge in [0.2, 0.25) is 5.91 Å². The molecule has 2 aromatic rings. The molecule has 1 amide bonds. The molecule has 0 radical (unpaired) electrons. The fraction of sp³-hybridized carbons (Fsp3) is 0.591. The number of nitrogens with zero attached hydrogens (tertiary/aromatic N) is 2. The molecule has 0 aliphatic heterocycles. The predicted molar refractivity (Wildman–Crippen MR) is 118 cm³/mol. The van der Waals surface area contributed by atoms with Crippen LogP contribution in [0.5, 0.6) is 0 Å². The van der Waals surface area contributed by atoms with Crippen molar-refractivity contribution in [2.75, 3.05) is 5.75 Å². The lowest BCUT2D eigenvalue weighted by Crippen LogP contribution is -2.46. The highest BCUT2D eigenvalue weighted by Gasteiger charge is 2.27. The van der Waals surface area contributed by atoms with Gasteiger partial charge in [-0.25, -0.2) is 4.98 Å². The van der Waals surface area contributed by atoms with Gasteiger partial charge in [0.25, 0.3) is 5.56 Å². The second-order valence-electron chi connectivity index (χ2n) is 9.30. The Morgan fingerprint density at radius 1 is 1.21 bits per heavy atom. The fourth-order valence-electron chi connectivity index (χ4n) is 3.71. The first-order chi connectivity index (χ1) is 12.9. The monoisotopic (exact) mass is 403 g/mol. The Labute approximate surface area is 172 Å². The molecule has 1 aromatic heterocycles. The van der Waals surface area contributed by atoms with Gasteiger partial charge in [0.05, 0.1) is 16.7 Å². The molecule has 6 heteroatoms. The summed E-state index contributed by atoms with van der Waals surface area (Å²) in [6, 6.07) is 7.39. The van der Waals surface area contributed by atoms with Crippen molar-refractivity contribution >= 4 is 28.6 Å². The van der Waals surface area contributed by atoms with Crippen LogP contribution in [0.15, 0.2) is 34.2 Å². The topological polar surface area (TPSA) is 64.0 Å². The number of amides is 1. The number of aromatic nitrogens is 2. The average molecular weight is 404 g/mol. The van der Waals surface area contributed by atoms with E-state index in [1.165, 1.54) is 11.8 Å². The van der Waals surface area contributed by atoms with Gasteiger partial charge in [-0.2, -0.15) is 0 Å². The summed E-state index contributed by atoms with van der Waals surface area (Å²) in [5, 5.41) is 4.34. The van der Waals surface area contributed by atoms with Crippen LogP contribution in [0.4, 0.5) is 0 Å². The second kappa shape index (κ2) is 8.68. The molecule has 0 saturated heterocycles. The first-order valence-corrected chi connectivity index (χ1v) is 10.9. The molecule has 154 valence electrons. The standard InChI is InChI=1S/C22H33N3O2S/c1-8-15(2)25-19(27)16-11-9-10-12-17(16)23-20(25)28-13-18(26)24-22(6,7)14-21(3,4)5/h9-12,15H,8,13-14H2,1-7H3,(H,24,26)/t15-/m1/s1. The van der Waals surface area contributed by atoms with Crippen LogP contribution in [0.1, 0.15) is 67.3 Å². The highest BCUT2D eigenvalue weighted by molar-refractivity contribution is 7.99. The quantitative estimate of drug-likeness (QED) is 0.533. The molecule has 1 N–H and O–H groups in total. The minimum absolute atomic E-state index is 0.0208. The molecule has 0 fully saturated rings. The van der Waals surface area contributed by atoms with Crippen molar-refractivity contribution in [1.29, 1.82) is 0 Å². The summed E-state index contributed by atoms with van der Waals surface area (Å²) in [5.41, 5.74) is 0.461. The van der Waals surface area contributed by atoms with Gasteiger partial charge in [0.1, 0.15) is 0 Å². The number of rotatable bonds is 7. The van der Waals surface area contributed by atoms with Crippen molar-refractivity contribution in [3.8, 4) is 0 Å². The zero-order valence-electron chi connectivity index (χ0n) is 18.1. The summed E-state index contributed by atoms with van der Waals surface area (Å²) in [7, 11) is 0. The van der Waals surface area contributed by atoms with Crippen LogP contribution in [0, 0.1) is 5.41 Å². The number of fused-ring (bicyclic) bond motifs is 1. The molecule has 1 aromatic carbocycles. The molecule has 28 heavy (non-hydrogen) atoms. The number of hydrogen-bond acceptors (Lipinski definition) is 4. The van der Waals surface area contributed by atoms with Crippen LogP contribution in [0.2, 0.25) is 0 Å². The van der Waals surface area contributed by atoms with Crippen molar-refractivity contribution in [2.45, 2.75) is 78.0 Å². The van der Waals surface area contributed by atoms with Crippen molar-refractivity contribution in [3.05, 3.63) is 34.6 Å². The highest BCUT2D eigenvalue weighted by atomic mass is 32.2. The van der Waals surface area contributed by atoms with E-state index in [0.717, 1.165) is 12.8 Å². The van der Waals surface area contributed by atoms with Gasteiger partial charge in [-0.05, 0) is 51.2 Å². The van der Waals surface area contributed by atoms with Gasteiger partial charge in [0.15, 0.2) is 5.16 Å². The summed E-state index contributed by atoms with van der Waals surface area (Å²) in [6.45, 7) is 14.6. The lowest BCUT2D eigenvalue weighted by atomic mass is 9.82. The molecule has 2 rings (SSSR count). The predicted octanol–water partition coefficient (Wildman–Crippen LogP) is 4.79. The molecule has 0 aliphatic rings. The molecule has 1 atom stereocenters. The Balaban J connectivity index is 2.24. The Kier molecular flexibility index (Phi) is 6.97. The van der Waals surface area contributed by atoms with Crippen molar-refractivity contribution in [2.24, 2.45) is 5.41 Å². The van der Waals surface area contributed by atoms with Crippen LogP contribution in [0.25, 0.3) is 10.9 Å². The van der Waals surface area contributed by atoms with Crippen LogP contribution >= 0.6 is 11.8 Å². The van der Waals surface area contributed by atoms with Gasteiger partial charge < -0.3 is 5.32 Å². The van der Waals surface area contributed by atoms with Gasteiger partial charge in [-0.3, -0.25) is 14.2 Å². The second-order valence-corrected chi connectivity index (χ2v) is 10.2. The summed E-state index contributed by atoms with van der Waals surface area (Å²) in [6.07, 6.45) is 1.69. The maximum atomic E-state index is 13.0. The van der Waals surface area contributed by atoms with Crippen molar-refractivity contribution in [1.82, 2.24) is 14.9 Å². The normalized spacial score (nSPS) is 13.5. The van der Waals surface area contributed by atoms with E-state index in [4.69, 9.17) is 0 Å². The van der Waals surface area contributed by atoms with Crippen LogP contribution in [-0.2, 0) is 4.79 Å². The fourth-order valence-corrected chi connectivity index (χ4v) is 4.61. The Hall–Kier alpha value is -1.82. The van der Waals surface area contributed by atoms with E-state index in [9.17, 15) is 9.59 Å². The Morgan fingerprint density at radius 2 is 1.86 bits per heavy atom. The van der Waals surface area contributed by atoms with E-state index in [-0.39, 0.29) is 34.2 Å². The van der Waals surface area contributed by atoms with Crippen LogP contribution < -0.4 is 10.9 Å². The number of carbonyl (C=O) groups is 1. The average Bonchev–Trinajstić information content (AvgIpc) is 2.57. The molecule has 0 unspecified atom stereocenters. The molecule has 5 nitrogen and oxygen atoms in total. The Bertz CT molecular complexity index is 897. The minimum Gasteiger partial charge on any atom is -0.350 e. The lowest BCUT2D eigenvalue weighted by molar-refractivity contribution is -0.120. The van der Waals surface area contributed by atoms with Crippen molar-refractivity contribution in [3.63, 3.8) is 0 Å². The summed E-state index contributed by atoms with van der Waals surface area (Å²) in [5.74, 6) is 0.187. The van der Waals surface area contributed by atoms with Gasteiger partial charge >= 0.3 is 0 Å². The van der Waals surface area contributed by atoms with E-state index in [0.29, 0.717) is 16.1 Å². The molecule has 0 aliphatic carbocycles. The zero-order chi connectivity index (χ0) is 21.1. The molecule has 0 spiro atoms. The zero-order valence-corrected chi connectivity index (χ0v) is 18.9. The van der Waals surface area contributed by atoms with E-state index in [1.54, 1.807) is 10.6 Å². The smallest absolute Gasteiger partial charge is 0.262 e. The number of thioether (sulfide) groups is 1. The number of benzene rings is 1. The number of nitrogens with one attached hydrogen (secondary N) is 1. The number of carbonyl (C=O) groups excluding carboxylic acids is 1. The largest absolute Gasteiger partial charge is 0.350 e. The van der Waals surface area contributed by atoms with Gasteiger partial charge in [-0.15, -0.1) is 0 Å². The first-order valence-electron chi connectivity index (χ1n) is 9.88. The van der Waals surface area contributed by atoms with Gasteiger partial charge in [0, 0.05) is 11.6 Å². The lowest BCUT2D eigenvalue weighted by Gasteiger charge is -2.33. The first kappa shape index (κ1) is 22.5. The molecule has 0 bridgehead atoms. The SMILES string of the molecule is CC[C@@H](C)n1c(SCC(=O)NC(C)(C)CC(C)(C)C)nc2ccccc2c1=O. The Morgan fingerprint density at radius 3 is 2.46 bits per heavy atom. The number of para-hydroxylation sites is 1. The minimum atomic E-state index is -0.289. The van der Waals surface area contributed by atoms with Crippen molar-refractivity contribution < 1.29 is 4.79 Å². The summed E-state index contributed by atoms with van der Waals surface area (Å²) in [4.78, 5) is 30.2. The maximum absolute atomic E-state index is 13.0. The van der Waals surface area contributed by atoms with E-state index < -0.39 is 0 Å². The molecule has 1 heterocycles. The molecule has 0 saturated carbocycles. The third-order valence-electron chi connectivity index (χ3n) is 4.59. The van der Waals surface area contributed by atoms with Crippen LogP contribution in [0.3, 0.4) is 0 Å². The number of hydrogen-bond donors (Lipinski definition) is 1. The van der Waals surface area contributed by atoms with E-state index in [2.05, 4.69) is 31.1 Å². The maximum Gasteiger partial charge on any atom is 0.262 e. The third kappa shape index (κ3) is 5.84.